The predicted octanol–water partition coefficient (Wildman–Crippen LogP) is 9.78. The van der Waals surface area contributed by atoms with Crippen LogP contribution in [0, 0.1) is 0 Å². The summed E-state index contributed by atoms with van der Waals surface area (Å²) in [6.45, 7) is 12.4. The second kappa shape index (κ2) is 15.6. The van der Waals surface area contributed by atoms with Crippen LogP contribution in [0.2, 0.25) is 33.2 Å². The first-order valence-electron chi connectivity index (χ1n) is 14.5. The zero-order chi connectivity index (χ0) is 36.1. The normalized spacial score (nSPS) is 17.4. The molecule has 5 nitrogen and oxygen atoms in total. The lowest BCUT2D eigenvalue weighted by Gasteiger charge is -2.51. The molecule has 45 heavy (non-hydrogen) atoms. The maximum atomic E-state index is 15.0. The van der Waals surface area contributed by atoms with Crippen LogP contribution in [0.5, 0.6) is 0 Å². The standard InChI is InChI=1S/C28H46F10O5Si2/c1-16(2)44(17(3)4,20(9)25(29,30)27(33,34)35)42-22(12-13-24(40)41-11)23(14-15-39)43-45(18(5)6,19(7)8)21(10)26(31,32)28(36,37)38/h12-13,15-23H,14H2,1-11H3/b13-12+/t20?,21?,22-,23-/m1/s1. The molecule has 0 aromatic carbocycles. The largest absolute Gasteiger partial charge is 0.466 e. The minimum Gasteiger partial charge on any atom is -0.466 e. The van der Waals surface area contributed by atoms with E-state index in [0.29, 0.717) is 13.8 Å². The third-order valence-corrected chi connectivity index (χ3v) is 20.9. The molecule has 0 amide bonds. The van der Waals surface area contributed by atoms with Crippen LogP contribution < -0.4 is 0 Å². The van der Waals surface area contributed by atoms with E-state index >= 15 is 8.78 Å². The summed E-state index contributed by atoms with van der Waals surface area (Å²) in [6, 6.07) is 0. The average Bonchev–Trinajstić information content (AvgIpc) is 2.88. The highest BCUT2D eigenvalue weighted by Gasteiger charge is 2.70. The van der Waals surface area contributed by atoms with E-state index in [4.69, 9.17) is 8.85 Å². The molecule has 2 unspecified atom stereocenters. The minimum atomic E-state index is -5.98. The number of methoxy groups -OCH3 is 1. The van der Waals surface area contributed by atoms with E-state index in [2.05, 4.69) is 4.74 Å². The maximum absolute atomic E-state index is 15.0. The smallest absolute Gasteiger partial charge is 0.453 e. The van der Waals surface area contributed by atoms with Crippen LogP contribution in [-0.4, -0.2) is 72.4 Å². The van der Waals surface area contributed by atoms with Crippen molar-refractivity contribution in [3.63, 3.8) is 0 Å². The van der Waals surface area contributed by atoms with Gasteiger partial charge in [-0.15, -0.1) is 0 Å². The summed E-state index contributed by atoms with van der Waals surface area (Å²) in [4.78, 5) is 24.0. The van der Waals surface area contributed by atoms with Crippen molar-refractivity contribution in [2.45, 2.75) is 145 Å². The van der Waals surface area contributed by atoms with E-state index in [1.54, 1.807) is 0 Å². The number of carbonyl (C=O) groups is 2. The van der Waals surface area contributed by atoms with Gasteiger partial charge in [-0.05, 0) is 28.2 Å². The second-order valence-corrected chi connectivity index (χ2v) is 22.8. The molecule has 4 atom stereocenters. The number of esters is 1. The summed E-state index contributed by atoms with van der Waals surface area (Å²) in [5.41, 5.74) is -8.73. The molecule has 0 spiro atoms. The number of halogens is 10. The molecule has 0 saturated heterocycles. The van der Waals surface area contributed by atoms with E-state index in [1.807, 2.05) is 0 Å². The number of aldehydes is 1. The minimum absolute atomic E-state index is 0.237. The molecule has 0 bridgehead atoms. The molecule has 0 aromatic heterocycles. The third-order valence-electron chi connectivity index (χ3n) is 8.82. The Hall–Kier alpha value is -1.47. The van der Waals surface area contributed by atoms with Crippen molar-refractivity contribution < 1.29 is 67.1 Å². The van der Waals surface area contributed by atoms with Crippen molar-refractivity contribution in [3.05, 3.63) is 12.2 Å². The van der Waals surface area contributed by atoms with E-state index in [9.17, 15) is 44.7 Å². The Balaban J connectivity index is 7.72. The van der Waals surface area contributed by atoms with Gasteiger partial charge in [0, 0.05) is 23.6 Å². The highest BCUT2D eigenvalue weighted by atomic mass is 28.4. The molecule has 0 aliphatic carbocycles. The first-order chi connectivity index (χ1) is 20.1. The second-order valence-electron chi connectivity index (χ2n) is 12.5. The Kier molecular flexibility index (Phi) is 15.1. The van der Waals surface area contributed by atoms with Crippen LogP contribution in [-0.2, 0) is 23.2 Å². The van der Waals surface area contributed by atoms with Crippen LogP contribution in [0.25, 0.3) is 0 Å². The van der Waals surface area contributed by atoms with Gasteiger partial charge in [-0.25, -0.2) is 4.79 Å². The lowest BCUT2D eigenvalue weighted by molar-refractivity contribution is -0.284. The average molecular weight is 709 g/mol. The van der Waals surface area contributed by atoms with Gasteiger partial charge in [0.1, 0.15) is 6.29 Å². The fraction of sp³-hybridized carbons (Fsp3) is 0.857. The van der Waals surface area contributed by atoms with Crippen molar-refractivity contribution in [1.29, 1.82) is 0 Å². The van der Waals surface area contributed by atoms with E-state index in [-0.39, 0.29) is 6.29 Å². The van der Waals surface area contributed by atoms with Gasteiger partial charge in [0.05, 0.1) is 19.3 Å². The Morgan fingerprint density at radius 3 is 1.24 bits per heavy atom. The van der Waals surface area contributed by atoms with Crippen molar-refractivity contribution >= 4 is 28.9 Å². The number of hydrogen-bond donors (Lipinski definition) is 0. The molecular weight excluding hydrogens is 662 g/mol. The topological polar surface area (TPSA) is 61.8 Å². The van der Waals surface area contributed by atoms with Gasteiger partial charge in [0.15, 0.2) is 0 Å². The molecular formula is C28H46F10O5Si2. The van der Waals surface area contributed by atoms with Crippen molar-refractivity contribution in [2.24, 2.45) is 0 Å². The van der Waals surface area contributed by atoms with Crippen LogP contribution in [0.15, 0.2) is 12.2 Å². The number of alkyl halides is 10. The van der Waals surface area contributed by atoms with Crippen LogP contribution in [0.4, 0.5) is 43.9 Å². The summed E-state index contributed by atoms with van der Waals surface area (Å²) < 4.78 is 159. The molecule has 0 fully saturated rings. The number of hydrogen-bond acceptors (Lipinski definition) is 5. The van der Waals surface area contributed by atoms with Crippen molar-refractivity contribution in [2.75, 3.05) is 7.11 Å². The molecule has 0 saturated carbocycles. The fourth-order valence-corrected chi connectivity index (χ4v) is 17.5. The van der Waals surface area contributed by atoms with Crippen LogP contribution in [0.3, 0.4) is 0 Å². The zero-order valence-electron chi connectivity index (χ0n) is 27.4. The summed E-state index contributed by atoms with van der Waals surface area (Å²) in [5, 5.41) is 0. The summed E-state index contributed by atoms with van der Waals surface area (Å²) >= 11 is 0. The lowest BCUT2D eigenvalue weighted by Crippen LogP contribution is -2.62. The Morgan fingerprint density at radius 1 is 0.644 bits per heavy atom. The van der Waals surface area contributed by atoms with Crippen LogP contribution >= 0.6 is 0 Å². The Labute approximate surface area is 260 Å². The van der Waals surface area contributed by atoms with Crippen LogP contribution in [0.1, 0.15) is 75.7 Å². The molecule has 0 radical (unpaired) electrons. The van der Waals surface area contributed by atoms with E-state index in [1.165, 1.54) is 55.4 Å². The van der Waals surface area contributed by atoms with E-state index < -0.39 is 98.7 Å². The summed E-state index contributed by atoms with van der Waals surface area (Å²) in [6.07, 6.45) is -14.4. The number of carbonyl (C=O) groups excluding carboxylic acids is 2. The molecule has 0 aliphatic heterocycles. The fourth-order valence-electron chi connectivity index (χ4n) is 6.46. The van der Waals surface area contributed by atoms with Gasteiger partial charge in [-0.2, -0.15) is 43.9 Å². The first kappa shape index (κ1) is 43.5. The van der Waals surface area contributed by atoms with Gasteiger partial charge in [-0.3, -0.25) is 0 Å². The van der Waals surface area contributed by atoms with E-state index in [0.717, 1.165) is 19.3 Å². The zero-order valence-corrected chi connectivity index (χ0v) is 29.4. The first-order valence-corrected chi connectivity index (χ1v) is 18.8. The van der Waals surface area contributed by atoms with Gasteiger partial charge in [-0.1, -0.05) is 69.2 Å². The van der Waals surface area contributed by atoms with Crippen molar-refractivity contribution in [3.8, 4) is 0 Å². The van der Waals surface area contributed by atoms with Gasteiger partial charge >= 0.3 is 30.2 Å². The summed E-state index contributed by atoms with van der Waals surface area (Å²) in [5.74, 6) is -11.5. The maximum Gasteiger partial charge on any atom is 0.453 e. The molecule has 0 aliphatic rings. The van der Waals surface area contributed by atoms with Gasteiger partial charge in [0.25, 0.3) is 0 Å². The predicted molar refractivity (Wildman–Crippen MR) is 154 cm³/mol. The quantitative estimate of drug-likeness (QED) is 0.0495. The molecule has 0 rings (SSSR count). The Morgan fingerprint density at radius 2 is 0.978 bits per heavy atom. The highest BCUT2D eigenvalue weighted by Crippen LogP contribution is 2.57. The van der Waals surface area contributed by atoms with Gasteiger partial charge < -0.3 is 18.4 Å². The molecule has 0 heterocycles. The number of rotatable bonds is 17. The Bertz CT molecular complexity index is 981. The molecule has 17 heteroatoms. The van der Waals surface area contributed by atoms with Gasteiger partial charge in [0.2, 0.25) is 16.6 Å². The van der Waals surface area contributed by atoms with Crippen molar-refractivity contribution in [1.82, 2.24) is 0 Å². The lowest BCUT2D eigenvalue weighted by atomic mass is 10.1. The molecule has 0 aromatic rings. The molecule has 266 valence electrons. The summed E-state index contributed by atoms with van der Waals surface area (Å²) in [7, 11) is -7.89. The SMILES string of the molecule is COC(=O)/C=C/[C@@H](O[Si](C(C)C)(C(C)C)C(C)C(F)(F)C(F)(F)F)[C@@H](CC=O)O[Si](C(C)C)(C(C)C)C(C)C(F)(F)C(F)(F)F. The number of ether oxygens (including phenoxy) is 1. The highest BCUT2D eigenvalue weighted by molar-refractivity contribution is 6.78. The third kappa shape index (κ3) is 8.92. The molecule has 0 N–H and O–H groups in total. The monoisotopic (exact) mass is 708 g/mol.